The van der Waals surface area contributed by atoms with E-state index in [1.165, 1.54) is 82.6 Å². The average Bonchev–Trinajstić information content (AvgIpc) is 2.90. The monoisotopic (exact) mass is 585 g/mol. The molecule has 234 valence electrons. The molecule has 2 unspecified atom stereocenters. The Kier molecular flexibility index (Phi) is 22.1. The maximum atomic E-state index is 12.6. The first-order chi connectivity index (χ1) is 19.2. The SMILES string of the molecule is CCCCCCCCCCCCCCCCOCC(CNCCc1ccccc1)OP(=O)(O)OCC[N+](C)(C)C. The number of rotatable bonds is 28. The number of likely N-dealkylation sites (N-methyl/N-ethyl adjacent to an activating group) is 1. The van der Waals surface area contributed by atoms with Gasteiger partial charge in [0.1, 0.15) is 19.3 Å². The number of ether oxygens (including phenoxy) is 1. The molecule has 2 N–H and O–H groups in total. The third-order valence-electron chi connectivity index (χ3n) is 7.05. The van der Waals surface area contributed by atoms with Crippen molar-refractivity contribution in [1.29, 1.82) is 0 Å². The van der Waals surface area contributed by atoms with Crippen molar-refractivity contribution in [3.8, 4) is 0 Å². The summed E-state index contributed by atoms with van der Waals surface area (Å²) in [6.45, 7) is 5.12. The van der Waals surface area contributed by atoms with Gasteiger partial charge in [-0.1, -0.05) is 121 Å². The second-order valence-corrected chi connectivity index (χ2v) is 13.6. The second-order valence-electron chi connectivity index (χ2n) is 12.2. The minimum atomic E-state index is -4.16. The highest BCUT2D eigenvalue weighted by Crippen LogP contribution is 2.44. The minimum absolute atomic E-state index is 0.158. The van der Waals surface area contributed by atoms with E-state index < -0.39 is 13.9 Å². The Morgan fingerprint density at radius 3 is 1.93 bits per heavy atom. The largest absolute Gasteiger partial charge is 0.472 e. The van der Waals surface area contributed by atoms with Crippen molar-refractivity contribution in [3.63, 3.8) is 0 Å². The van der Waals surface area contributed by atoms with Crippen LogP contribution >= 0.6 is 7.82 Å². The van der Waals surface area contributed by atoms with Gasteiger partial charge in [0, 0.05) is 13.2 Å². The quantitative estimate of drug-likeness (QED) is 0.0602. The Morgan fingerprint density at radius 2 is 1.38 bits per heavy atom. The summed E-state index contributed by atoms with van der Waals surface area (Å²) in [7, 11) is 1.87. The van der Waals surface area contributed by atoms with Crippen LogP contribution in [0.25, 0.3) is 0 Å². The fourth-order valence-corrected chi connectivity index (χ4v) is 5.41. The number of quaternary nitrogens is 1. The number of phosphoric ester groups is 1. The van der Waals surface area contributed by atoms with Crippen molar-refractivity contribution in [2.24, 2.45) is 0 Å². The highest BCUT2D eigenvalue weighted by molar-refractivity contribution is 7.47. The molecule has 0 heterocycles. The van der Waals surface area contributed by atoms with Gasteiger partial charge in [-0.2, -0.15) is 0 Å². The topological polar surface area (TPSA) is 77.0 Å². The minimum Gasteiger partial charge on any atom is -0.379 e. The molecule has 0 saturated carbocycles. The highest BCUT2D eigenvalue weighted by Gasteiger charge is 2.27. The van der Waals surface area contributed by atoms with Gasteiger partial charge >= 0.3 is 7.82 Å². The van der Waals surface area contributed by atoms with Gasteiger partial charge in [-0.05, 0) is 24.9 Å². The van der Waals surface area contributed by atoms with Crippen LogP contribution in [0, 0.1) is 0 Å². The highest BCUT2D eigenvalue weighted by atomic mass is 31.2. The number of nitrogens with zero attached hydrogens (tertiary/aromatic N) is 1. The lowest BCUT2D eigenvalue weighted by Gasteiger charge is -2.25. The number of hydrogen-bond acceptors (Lipinski definition) is 5. The summed E-state index contributed by atoms with van der Waals surface area (Å²) < 4.78 is 29.8. The van der Waals surface area contributed by atoms with Crippen LogP contribution in [0.1, 0.15) is 102 Å². The molecule has 0 aliphatic heterocycles. The normalized spacial score (nSPS) is 14.3. The predicted octanol–water partition coefficient (Wildman–Crippen LogP) is 7.53. The Morgan fingerprint density at radius 1 is 0.825 bits per heavy atom. The van der Waals surface area contributed by atoms with Crippen LogP contribution in [0.15, 0.2) is 30.3 Å². The van der Waals surface area contributed by atoms with Crippen molar-refractivity contribution in [2.45, 2.75) is 109 Å². The molecule has 2 atom stereocenters. The first kappa shape index (κ1) is 37.2. The number of unbranched alkanes of at least 4 members (excludes halogenated alkanes) is 13. The van der Waals surface area contributed by atoms with E-state index in [1.54, 1.807) is 0 Å². The molecule has 0 aromatic heterocycles. The number of phosphoric acid groups is 1. The van der Waals surface area contributed by atoms with E-state index >= 15 is 0 Å². The van der Waals surface area contributed by atoms with Gasteiger partial charge in [-0.15, -0.1) is 0 Å². The van der Waals surface area contributed by atoms with E-state index in [0.717, 1.165) is 25.8 Å². The Labute approximate surface area is 246 Å². The first-order valence-corrected chi connectivity index (χ1v) is 17.5. The van der Waals surface area contributed by atoms with E-state index in [-0.39, 0.29) is 13.2 Å². The molecule has 7 nitrogen and oxygen atoms in total. The van der Waals surface area contributed by atoms with E-state index in [2.05, 4.69) is 24.4 Å². The van der Waals surface area contributed by atoms with Crippen LogP contribution in [0.3, 0.4) is 0 Å². The van der Waals surface area contributed by atoms with E-state index in [4.69, 9.17) is 13.8 Å². The molecule has 1 aromatic carbocycles. The molecular weight excluding hydrogens is 523 g/mol. The standard InChI is InChI=1S/C32H61N2O5P/c1-5-6-7-8-9-10-11-12-13-14-15-16-17-21-27-37-30-32(29-33-25-24-31-22-19-18-20-23-31)39-40(35,36)38-28-26-34(2,3)4/h18-20,22-23,32-33H,5-17,21,24-30H2,1-4H3/p+1. The Balaban J connectivity index is 2.20. The third-order valence-corrected chi connectivity index (χ3v) is 8.12. The molecular formula is C32H62N2O5P+. The molecule has 0 spiro atoms. The van der Waals surface area contributed by atoms with E-state index in [9.17, 15) is 9.46 Å². The summed E-state index contributed by atoms with van der Waals surface area (Å²) in [6, 6.07) is 10.3. The van der Waals surface area contributed by atoms with Gasteiger partial charge in [-0.3, -0.25) is 9.05 Å². The van der Waals surface area contributed by atoms with Crippen LogP contribution in [0.2, 0.25) is 0 Å². The van der Waals surface area contributed by atoms with Gasteiger partial charge in [0.2, 0.25) is 0 Å². The smallest absolute Gasteiger partial charge is 0.379 e. The number of hydrogen-bond donors (Lipinski definition) is 2. The molecule has 0 aliphatic rings. The number of nitrogens with one attached hydrogen (secondary N) is 1. The molecule has 0 bridgehead atoms. The molecule has 8 heteroatoms. The molecule has 0 radical (unpaired) electrons. The molecule has 40 heavy (non-hydrogen) atoms. The van der Waals surface area contributed by atoms with Crippen LogP contribution in [0.5, 0.6) is 0 Å². The first-order valence-electron chi connectivity index (χ1n) is 16.0. The maximum absolute atomic E-state index is 12.6. The zero-order valence-electron chi connectivity index (χ0n) is 26.3. The molecule has 1 rings (SSSR count). The van der Waals surface area contributed by atoms with Gasteiger partial charge in [0.25, 0.3) is 0 Å². The Hall–Kier alpha value is -0.790. The zero-order valence-corrected chi connectivity index (χ0v) is 27.2. The summed E-state index contributed by atoms with van der Waals surface area (Å²) >= 11 is 0. The van der Waals surface area contributed by atoms with Gasteiger partial charge in [0.05, 0.1) is 27.7 Å². The fraction of sp³-hybridized carbons (Fsp3) is 0.812. The molecule has 0 amide bonds. The summed E-state index contributed by atoms with van der Waals surface area (Å²) in [5.74, 6) is 0. The Bertz CT molecular complexity index is 745. The third kappa shape index (κ3) is 23.9. The molecule has 0 fully saturated rings. The summed E-state index contributed by atoms with van der Waals surface area (Å²) in [5, 5.41) is 3.35. The maximum Gasteiger partial charge on any atom is 0.472 e. The van der Waals surface area contributed by atoms with Crippen molar-refractivity contribution in [3.05, 3.63) is 35.9 Å². The average molecular weight is 586 g/mol. The summed E-state index contributed by atoms with van der Waals surface area (Å²) in [5.41, 5.74) is 1.25. The lowest BCUT2D eigenvalue weighted by atomic mass is 10.0. The van der Waals surface area contributed by atoms with Crippen LogP contribution in [-0.4, -0.2) is 76.1 Å². The lowest BCUT2D eigenvalue weighted by molar-refractivity contribution is -0.870. The van der Waals surface area contributed by atoms with Crippen molar-refractivity contribution < 1.29 is 27.7 Å². The second kappa shape index (κ2) is 23.7. The van der Waals surface area contributed by atoms with Crippen LogP contribution in [-0.2, 0) is 24.8 Å². The fourth-order valence-electron chi connectivity index (χ4n) is 4.53. The zero-order chi connectivity index (χ0) is 29.4. The van der Waals surface area contributed by atoms with Crippen molar-refractivity contribution in [1.82, 2.24) is 5.32 Å². The van der Waals surface area contributed by atoms with Gasteiger partial charge < -0.3 is 19.4 Å². The molecule has 0 aliphatic carbocycles. The van der Waals surface area contributed by atoms with Gasteiger partial charge in [-0.25, -0.2) is 4.57 Å². The number of benzene rings is 1. The van der Waals surface area contributed by atoms with Crippen LogP contribution in [0.4, 0.5) is 0 Å². The van der Waals surface area contributed by atoms with Crippen molar-refractivity contribution in [2.75, 3.05) is 60.6 Å². The summed E-state index contributed by atoms with van der Waals surface area (Å²) in [4.78, 5) is 10.3. The predicted molar refractivity (Wildman–Crippen MR) is 168 cm³/mol. The van der Waals surface area contributed by atoms with E-state index in [1.807, 2.05) is 39.3 Å². The van der Waals surface area contributed by atoms with Crippen molar-refractivity contribution >= 4 is 7.82 Å². The van der Waals surface area contributed by atoms with Crippen LogP contribution < -0.4 is 5.32 Å². The lowest BCUT2D eigenvalue weighted by Crippen LogP contribution is -2.37. The van der Waals surface area contributed by atoms with Gasteiger partial charge in [0.15, 0.2) is 0 Å². The molecule has 0 saturated heterocycles. The summed E-state index contributed by atoms with van der Waals surface area (Å²) in [6.07, 6.45) is 18.9. The van der Waals surface area contributed by atoms with E-state index in [0.29, 0.717) is 24.2 Å². The molecule has 1 aromatic rings.